The van der Waals surface area contributed by atoms with Gasteiger partial charge in [-0.15, -0.1) is 0 Å². The number of para-hydroxylation sites is 1. The summed E-state index contributed by atoms with van der Waals surface area (Å²) in [6, 6.07) is 19.1. The van der Waals surface area contributed by atoms with Crippen molar-refractivity contribution < 1.29 is 14.3 Å². The average molecular weight is 502 g/mol. The van der Waals surface area contributed by atoms with Gasteiger partial charge in [0.05, 0.1) is 27.4 Å². The molecular formula is C25H19Cl3N2O3. The van der Waals surface area contributed by atoms with Gasteiger partial charge >= 0.3 is 0 Å². The zero-order chi connectivity index (χ0) is 23.8. The van der Waals surface area contributed by atoms with Crippen LogP contribution in [0.15, 0.2) is 66.2 Å². The molecule has 1 N–H and O–H groups in total. The second kappa shape index (κ2) is 11.6. The van der Waals surface area contributed by atoms with Gasteiger partial charge in [-0.2, -0.15) is 5.26 Å². The molecule has 0 fully saturated rings. The van der Waals surface area contributed by atoms with Crippen molar-refractivity contribution in [3.63, 3.8) is 0 Å². The van der Waals surface area contributed by atoms with Crippen LogP contribution in [0.2, 0.25) is 15.1 Å². The first kappa shape index (κ1) is 24.5. The standard InChI is InChI=1S/C25H19Cl3N2O3/c1-2-32-24-13-16(8-10-23(24)33-15-17-7-9-19(26)21(28)12-17)11-18(14-29)25(31)30-22-6-4-3-5-20(22)27/h3-13H,2,15H2,1H3,(H,30,31)/b18-11+. The lowest BCUT2D eigenvalue weighted by Gasteiger charge is -2.13. The quantitative estimate of drug-likeness (QED) is 0.262. The van der Waals surface area contributed by atoms with Crippen LogP contribution in [-0.4, -0.2) is 12.5 Å². The highest BCUT2D eigenvalue weighted by atomic mass is 35.5. The predicted octanol–water partition coefficient (Wildman–Crippen LogP) is 7.17. The van der Waals surface area contributed by atoms with Crippen LogP contribution in [0.1, 0.15) is 18.1 Å². The van der Waals surface area contributed by atoms with Gasteiger partial charge in [0.15, 0.2) is 11.5 Å². The number of anilines is 1. The molecule has 3 aromatic rings. The van der Waals surface area contributed by atoms with E-state index in [2.05, 4.69) is 5.32 Å². The molecule has 0 saturated carbocycles. The Morgan fingerprint density at radius 2 is 1.76 bits per heavy atom. The van der Waals surface area contributed by atoms with E-state index in [0.717, 1.165) is 5.56 Å². The van der Waals surface area contributed by atoms with E-state index in [4.69, 9.17) is 44.3 Å². The highest BCUT2D eigenvalue weighted by Crippen LogP contribution is 2.31. The first-order valence-electron chi connectivity index (χ1n) is 9.92. The molecule has 0 spiro atoms. The minimum absolute atomic E-state index is 0.0816. The van der Waals surface area contributed by atoms with Gasteiger partial charge in [0, 0.05) is 0 Å². The highest BCUT2D eigenvalue weighted by molar-refractivity contribution is 6.42. The average Bonchev–Trinajstić information content (AvgIpc) is 2.80. The molecule has 3 aromatic carbocycles. The van der Waals surface area contributed by atoms with Crippen LogP contribution in [-0.2, 0) is 11.4 Å². The summed E-state index contributed by atoms with van der Waals surface area (Å²) >= 11 is 18.1. The Labute approximate surface area is 207 Å². The molecule has 0 saturated heterocycles. The number of hydrogen-bond donors (Lipinski definition) is 1. The van der Waals surface area contributed by atoms with E-state index in [1.807, 2.05) is 19.1 Å². The van der Waals surface area contributed by atoms with Crippen LogP contribution in [0.25, 0.3) is 6.08 Å². The van der Waals surface area contributed by atoms with Gasteiger partial charge in [0.1, 0.15) is 18.2 Å². The molecule has 0 radical (unpaired) electrons. The topological polar surface area (TPSA) is 71.3 Å². The van der Waals surface area contributed by atoms with Gasteiger partial charge in [-0.1, -0.05) is 59.1 Å². The largest absolute Gasteiger partial charge is 0.490 e. The number of nitriles is 1. The summed E-state index contributed by atoms with van der Waals surface area (Å²) in [5.74, 6) is 0.428. The van der Waals surface area contributed by atoms with Crippen molar-refractivity contribution in [3.8, 4) is 17.6 Å². The smallest absolute Gasteiger partial charge is 0.266 e. The third kappa shape index (κ3) is 6.66. The summed E-state index contributed by atoms with van der Waals surface area (Å²) < 4.78 is 11.6. The second-order valence-corrected chi connectivity index (χ2v) is 8.00. The van der Waals surface area contributed by atoms with Crippen LogP contribution >= 0.6 is 34.8 Å². The molecule has 0 aliphatic rings. The van der Waals surface area contributed by atoms with Crippen LogP contribution in [0.4, 0.5) is 5.69 Å². The molecule has 0 bridgehead atoms. The molecule has 0 aliphatic heterocycles. The summed E-state index contributed by atoms with van der Waals surface area (Å²) in [6.07, 6.45) is 1.47. The highest BCUT2D eigenvalue weighted by Gasteiger charge is 2.13. The molecule has 0 aliphatic carbocycles. The zero-order valence-electron chi connectivity index (χ0n) is 17.6. The van der Waals surface area contributed by atoms with Crippen molar-refractivity contribution in [2.45, 2.75) is 13.5 Å². The van der Waals surface area contributed by atoms with Gasteiger partial charge in [0.2, 0.25) is 0 Å². The Morgan fingerprint density at radius 1 is 0.970 bits per heavy atom. The van der Waals surface area contributed by atoms with Gasteiger partial charge < -0.3 is 14.8 Å². The predicted molar refractivity (Wildman–Crippen MR) is 132 cm³/mol. The number of hydrogen-bond acceptors (Lipinski definition) is 4. The summed E-state index contributed by atoms with van der Waals surface area (Å²) in [6.45, 7) is 2.52. The molecule has 8 heteroatoms. The number of amides is 1. The maximum atomic E-state index is 12.6. The maximum Gasteiger partial charge on any atom is 0.266 e. The number of rotatable bonds is 8. The Balaban J connectivity index is 1.79. The Kier molecular flexibility index (Phi) is 8.62. The van der Waals surface area contributed by atoms with E-state index in [0.29, 0.717) is 44.4 Å². The van der Waals surface area contributed by atoms with Crippen molar-refractivity contribution in [2.75, 3.05) is 11.9 Å². The summed E-state index contributed by atoms with van der Waals surface area (Å²) in [7, 11) is 0. The lowest BCUT2D eigenvalue weighted by molar-refractivity contribution is -0.112. The monoisotopic (exact) mass is 500 g/mol. The fraction of sp³-hybridized carbons (Fsp3) is 0.120. The van der Waals surface area contributed by atoms with Crippen molar-refractivity contribution in [1.29, 1.82) is 5.26 Å². The molecule has 3 rings (SSSR count). The third-order valence-electron chi connectivity index (χ3n) is 4.44. The van der Waals surface area contributed by atoms with E-state index in [9.17, 15) is 10.1 Å². The van der Waals surface area contributed by atoms with Gasteiger partial charge in [-0.3, -0.25) is 4.79 Å². The van der Waals surface area contributed by atoms with Crippen LogP contribution < -0.4 is 14.8 Å². The number of nitrogens with one attached hydrogen (secondary N) is 1. The minimum atomic E-state index is -0.566. The van der Waals surface area contributed by atoms with Gasteiger partial charge in [-0.25, -0.2) is 0 Å². The summed E-state index contributed by atoms with van der Waals surface area (Å²) in [4.78, 5) is 12.6. The lowest BCUT2D eigenvalue weighted by atomic mass is 10.1. The van der Waals surface area contributed by atoms with E-state index < -0.39 is 5.91 Å². The summed E-state index contributed by atoms with van der Waals surface area (Å²) in [5, 5.41) is 13.4. The van der Waals surface area contributed by atoms with E-state index >= 15 is 0 Å². The third-order valence-corrected chi connectivity index (χ3v) is 5.51. The number of carbonyl (C=O) groups excluding carboxylic acids is 1. The van der Waals surface area contributed by atoms with Crippen molar-refractivity contribution in [2.24, 2.45) is 0 Å². The molecular weight excluding hydrogens is 483 g/mol. The number of benzene rings is 3. The Morgan fingerprint density at radius 3 is 2.45 bits per heavy atom. The molecule has 0 heterocycles. The zero-order valence-corrected chi connectivity index (χ0v) is 19.8. The number of halogens is 3. The second-order valence-electron chi connectivity index (χ2n) is 6.78. The Bertz CT molecular complexity index is 1240. The van der Waals surface area contributed by atoms with Crippen LogP contribution in [0.3, 0.4) is 0 Å². The molecule has 33 heavy (non-hydrogen) atoms. The lowest BCUT2D eigenvalue weighted by Crippen LogP contribution is -2.13. The van der Waals surface area contributed by atoms with Crippen LogP contribution in [0.5, 0.6) is 11.5 Å². The van der Waals surface area contributed by atoms with Gasteiger partial charge in [0.25, 0.3) is 5.91 Å². The first-order valence-corrected chi connectivity index (χ1v) is 11.1. The normalized spacial score (nSPS) is 10.9. The molecule has 5 nitrogen and oxygen atoms in total. The molecule has 0 atom stereocenters. The maximum absolute atomic E-state index is 12.6. The van der Waals surface area contributed by atoms with Crippen molar-refractivity contribution in [3.05, 3.63) is 92.4 Å². The van der Waals surface area contributed by atoms with Crippen molar-refractivity contribution in [1.82, 2.24) is 0 Å². The summed E-state index contributed by atoms with van der Waals surface area (Å²) in [5.41, 5.74) is 1.79. The molecule has 1 amide bonds. The van der Waals surface area contributed by atoms with E-state index in [1.54, 1.807) is 54.6 Å². The number of carbonyl (C=O) groups is 1. The molecule has 0 unspecified atom stereocenters. The fourth-order valence-corrected chi connectivity index (χ4v) is 3.36. The van der Waals surface area contributed by atoms with E-state index in [1.165, 1.54) is 6.08 Å². The first-order chi connectivity index (χ1) is 15.9. The van der Waals surface area contributed by atoms with E-state index in [-0.39, 0.29) is 12.2 Å². The van der Waals surface area contributed by atoms with Crippen LogP contribution in [0, 0.1) is 11.3 Å². The number of ether oxygens (including phenoxy) is 2. The van der Waals surface area contributed by atoms with Crippen molar-refractivity contribution >= 4 is 52.5 Å². The molecule has 168 valence electrons. The SMILES string of the molecule is CCOc1cc(/C=C(\C#N)C(=O)Nc2ccccc2Cl)ccc1OCc1ccc(Cl)c(Cl)c1. The fourth-order valence-electron chi connectivity index (χ4n) is 2.86. The number of nitrogens with zero attached hydrogens (tertiary/aromatic N) is 1. The van der Waals surface area contributed by atoms with Gasteiger partial charge in [-0.05, 0) is 60.5 Å². The minimum Gasteiger partial charge on any atom is -0.490 e. The molecule has 0 aromatic heterocycles. The Hall–Kier alpha value is -3.17.